The number of nitrogens with zero attached hydrogens (tertiary/aromatic N) is 2. The Labute approximate surface area is 115 Å². The van der Waals surface area contributed by atoms with Gasteiger partial charge in [-0.3, -0.25) is 4.68 Å². The van der Waals surface area contributed by atoms with E-state index in [1.165, 1.54) is 28.1 Å². The van der Waals surface area contributed by atoms with Crippen LogP contribution in [-0.2, 0) is 26.3 Å². The Balaban J connectivity index is 2.63. The molecule has 2 aromatic rings. The highest BCUT2D eigenvalue weighted by Crippen LogP contribution is 2.30. The molecule has 0 aliphatic carbocycles. The molecule has 3 nitrogen and oxygen atoms in total. The molecule has 0 unspecified atom stereocenters. The van der Waals surface area contributed by atoms with Crippen LogP contribution >= 0.6 is 0 Å². The van der Waals surface area contributed by atoms with E-state index in [0.29, 0.717) is 0 Å². The molecule has 3 heteroatoms. The second-order valence-electron chi connectivity index (χ2n) is 4.87. The predicted molar refractivity (Wildman–Crippen MR) is 81.2 cm³/mol. The zero-order valence-corrected chi connectivity index (χ0v) is 12.3. The zero-order valence-electron chi connectivity index (χ0n) is 12.3. The van der Waals surface area contributed by atoms with E-state index in [4.69, 9.17) is 5.73 Å². The molecule has 2 rings (SSSR count). The van der Waals surface area contributed by atoms with Crippen molar-refractivity contribution >= 4 is 5.69 Å². The first-order valence-electron chi connectivity index (χ1n) is 7.05. The van der Waals surface area contributed by atoms with Crippen LogP contribution in [0.25, 0.3) is 11.1 Å². The Kier molecular flexibility index (Phi) is 3.93. The standard InChI is InChI=1S/C16H23N3/c1-5-11-10-12(8-9-13(11)17)16-14(6-2)18-19(4)15(16)7-3/h8-10H,5-7,17H2,1-4H3. The molecule has 1 aromatic carbocycles. The summed E-state index contributed by atoms with van der Waals surface area (Å²) < 4.78 is 2.01. The van der Waals surface area contributed by atoms with Gasteiger partial charge in [0, 0.05) is 24.0 Å². The molecule has 0 saturated carbocycles. The van der Waals surface area contributed by atoms with Crippen molar-refractivity contribution in [3.63, 3.8) is 0 Å². The van der Waals surface area contributed by atoms with Gasteiger partial charge in [0.15, 0.2) is 0 Å². The van der Waals surface area contributed by atoms with Gasteiger partial charge in [0.05, 0.1) is 5.69 Å². The quantitative estimate of drug-likeness (QED) is 0.854. The number of anilines is 1. The third kappa shape index (κ3) is 2.37. The van der Waals surface area contributed by atoms with Gasteiger partial charge in [0.2, 0.25) is 0 Å². The largest absolute Gasteiger partial charge is 0.399 e. The zero-order chi connectivity index (χ0) is 14.0. The van der Waals surface area contributed by atoms with Gasteiger partial charge in [-0.15, -0.1) is 0 Å². The first-order valence-corrected chi connectivity index (χ1v) is 7.05. The van der Waals surface area contributed by atoms with Gasteiger partial charge in [-0.1, -0.05) is 26.8 Å². The molecule has 0 radical (unpaired) electrons. The van der Waals surface area contributed by atoms with Crippen LogP contribution in [0.15, 0.2) is 18.2 Å². The fourth-order valence-electron chi connectivity index (χ4n) is 2.67. The first-order chi connectivity index (χ1) is 9.12. The highest BCUT2D eigenvalue weighted by Gasteiger charge is 2.16. The number of rotatable bonds is 4. The molecule has 102 valence electrons. The van der Waals surface area contributed by atoms with Crippen molar-refractivity contribution in [2.24, 2.45) is 7.05 Å². The van der Waals surface area contributed by atoms with E-state index in [-0.39, 0.29) is 0 Å². The van der Waals surface area contributed by atoms with Gasteiger partial charge in [0.1, 0.15) is 0 Å². The van der Waals surface area contributed by atoms with Crippen molar-refractivity contribution in [3.8, 4) is 11.1 Å². The van der Waals surface area contributed by atoms with Crippen molar-refractivity contribution < 1.29 is 0 Å². The van der Waals surface area contributed by atoms with E-state index in [9.17, 15) is 0 Å². The average Bonchev–Trinajstić information content (AvgIpc) is 2.75. The lowest BCUT2D eigenvalue weighted by Crippen LogP contribution is -1.98. The van der Waals surface area contributed by atoms with E-state index < -0.39 is 0 Å². The minimum atomic E-state index is 0.881. The maximum atomic E-state index is 6.00. The van der Waals surface area contributed by atoms with Crippen molar-refractivity contribution in [3.05, 3.63) is 35.2 Å². The normalized spacial score (nSPS) is 10.9. The molecule has 0 aliphatic rings. The maximum absolute atomic E-state index is 6.00. The number of aryl methyl sites for hydroxylation is 3. The van der Waals surface area contributed by atoms with E-state index in [0.717, 1.165) is 24.9 Å². The molecular formula is C16H23N3. The second kappa shape index (κ2) is 5.47. The smallest absolute Gasteiger partial charge is 0.0703 e. The van der Waals surface area contributed by atoms with Crippen molar-refractivity contribution in [1.82, 2.24) is 9.78 Å². The second-order valence-corrected chi connectivity index (χ2v) is 4.87. The van der Waals surface area contributed by atoms with Crippen LogP contribution in [0.1, 0.15) is 37.7 Å². The Morgan fingerprint density at radius 1 is 1.11 bits per heavy atom. The lowest BCUT2D eigenvalue weighted by Gasteiger charge is -2.09. The Bertz CT molecular complexity index is 582. The predicted octanol–water partition coefficient (Wildman–Crippen LogP) is 3.36. The highest BCUT2D eigenvalue weighted by molar-refractivity contribution is 5.72. The molecule has 0 fully saturated rings. The number of nitrogens with two attached hydrogens (primary N) is 1. The SMILES string of the molecule is CCc1cc(-c2c(CC)nn(C)c2CC)ccc1N. The Morgan fingerprint density at radius 3 is 2.42 bits per heavy atom. The Morgan fingerprint density at radius 2 is 1.84 bits per heavy atom. The molecule has 0 aliphatic heterocycles. The summed E-state index contributed by atoms with van der Waals surface area (Å²) in [7, 11) is 2.03. The van der Waals surface area contributed by atoms with E-state index in [2.05, 4.69) is 38.0 Å². The monoisotopic (exact) mass is 257 g/mol. The van der Waals surface area contributed by atoms with Crippen molar-refractivity contribution in [1.29, 1.82) is 0 Å². The molecular weight excluding hydrogens is 234 g/mol. The fourth-order valence-corrected chi connectivity index (χ4v) is 2.67. The van der Waals surface area contributed by atoms with Crippen LogP contribution in [-0.4, -0.2) is 9.78 Å². The molecule has 19 heavy (non-hydrogen) atoms. The number of hydrogen-bond donors (Lipinski definition) is 1. The van der Waals surface area contributed by atoms with Gasteiger partial charge in [-0.25, -0.2) is 0 Å². The minimum absolute atomic E-state index is 0.881. The lowest BCUT2D eigenvalue weighted by atomic mass is 9.97. The fraction of sp³-hybridized carbons (Fsp3) is 0.438. The van der Waals surface area contributed by atoms with Crippen molar-refractivity contribution in [2.45, 2.75) is 40.0 Å². The van der Waals surface area contributed by atoms with Gasteiger partial charge >= 0.3 is 0 Å². The van der Waals surface area contributed by atoms with Crippen LogP contribution in [0.2, 0.25) is 0 Å². The third-order valence-electron chi connectivity index (χ3n) is 3.72. The molecule has 1 heterocycles. The number of aromatic nitrogens is 2. The van der Waals surface area contributed by atoms with Gasteiger partial charge < -0.3 is 5.73 Å². The molecule has 1 aromatic heterocycles. The highest BCUT2D eigenvalue weighted by atomic mass is 15.3. The minimum Gasteiger partial charge on any atom is -0.399 e. The Hall–Kier alpha value is -1.77. The number of benzene rings is 1. The summed E-state index contributed by atoms with van der Waals surface area (Å²) in [4.78, 5) is 0. The number of nitrogen functional groups attached to an aromatic ring is 1. The molecule has 0 amide bonds. The van der Waals surface area contributed by atoms with Gasteiger partial charge in [-0.05, 0) is 42.5 Å². The van der Waals surface area contributed by atoms with Gasteiger partial charge in [-0.2, -0.15) is 5.10 Å². The van der Waals surface area contributed by atoms with E-state index in [1.54, 1.807) is 0 Å². The topological polar surface area (TPSA) is 43.8 Å². The molecule has 0 bridgehead atoms. The summed E-state index contributed by atoms with van der Waals surface area (Å²) in [6.07, 6.45) is 2.91. The molecule has 2 N–H and O–H groups in total. The molecule has 0 spiro atoms. The summed E-state index contributed by atoms with van der Waals surface area (Å²) in [5.41, 5.74) is 13.1. The molecule has 0 saturated heterocycles. The lowest BCUT2D eigenvalue weighted by molar-refractivity contribution is 0.705. The van der Waals surface area contributed by atoms with Crippen LogP contribution in [0.4, 0.5) is 5.69 Å². The summed E-state index contributed by atoms with van der Waals surface area (Å²) in [6.45, 7) is 6.47. The average molecular weight is 257 g/mol. The van der Waals surface area contributed by atoms with Crippen molar-refractivity contribution in [2.75, 3.05) is 5.73 Å². The first kappa shape index (κ1) is 13.7. The van der Waals surface area contributed by atoms with Crippen LogP contribution in [0, 0.1) is 0 Å². The van der Waals surface area contributed by atoms with Gasteiger partial charge in [0.25, 0.3) is 0 Å². The maximum Gasteiger partial charge on any atom is 0.0703 e. The summed E-state index contributed by atoms with van der Waals surface area (Å²) in [5, 5.41) is 4.64. The summed E-state index contributed by atoms with van der Waals surface area (Å²) in [5.74, 6) is 0. The van der Waals surface area contributed by atoms with E-state index >= 15 is 0 Å². The summed E-state index contributed by atoms with van der Waals surface area (Å²) in [6, 6.07) is 6.34. The summed E-state index contributed by atoms with van der Waals surface area (Å²) >= 11 is 0. The van der Waals surface area contributed by atoms with Crippen LogP contribution < -0.4 is 5.73 Å². The molecule has 0 atom stereocenters. The third-order valence-corrected chi connectivity index (χ3v) is 3.72. The van der Waals surface area contributed by atoms with Crippen LogP contribution in [0.5, 0.6) is 0 Å². The van der Waals surface area contributed by atoms with E-state index in [1.807, 2.05) is 17.8 Å². The van der Waals surface area contributed by atoms with Crippen LogP contribution in [0.3, 0.4) is 0 Å². The number of hydrogen-bond acceptors (Lipinski definition) is 2.